The highest BCUT2D eigenvalue weighted by atomic mass is 79.9. The van der Waals surface area contributed by atoms with E-state index in [4.69, 9.17) is 21.1 Å². The van der Waals surface area contributed by atoms with Crippen molar-refractivity contribution in [3.05, 3.63) is 63.1 Å². The minimum absolute atomic E-state index is 0.0525. The molecule has 26 heavy (non-hydrogen) atoms. The molecule has 0 heterocycles. The molecule has 2 rings (SSSR count). The zero-order chi connectivity index (χ0) is 19.3. The fraction of sp³-hybridized carbons (Fsp3) is 0.333. The normalized spacial score (nSPS) is 12.1. The zero-order valence-corrected chi connectivity index (χ0v) is 17.9. The number of hydrogen-bond donors (Lipinski definition) is 0. The summed E-state index contributed by atoms with van der Waals surface area (Å²) in [6.07, 6.45) is -0.679. The number of rotatable bonds is 8. The standard InChI is InChI=1S/C18H21BrClNO4S/c1-13-4-7-15(8-5-13)26(22,23)21(12-18(24-2)25-3)11-14-6-9-16(19)17(20)10-14/h4-10,18H,11-12H2,1-3H3. The van der Waals surface area contributed by atoms with Crippen molar-refractivity contribution in [3.63, 3.8) is 0 Å². The first-order chi connectivity index (χ1) is 12.3. The topological polar surface area (TPSA) is 55.8 Å². The van der Waals surface area contributed by atoms with E-state index >= 15 is 0 Å². The van der Waals surface area contributed by atoms with Gasteiger partial charge in [-0.25, -0.2) is 8.42 Å². The molecule has 0 saturated carbocycles. The first kappa shape index (κ1) is 21.3. The second-order valence-electron chi connectivity index (χ2n) is 5.76. The van der Waals surface area contributed by atoms with E-state index in [9.17, 15) is 8.42 Å². The maximum atomic E-state index is 13.1. The van der Waals surface area contributed by atoms with Crippen LogP contribution in [-0.4, -0.2) is 39.8 Å². The second-order valence-corrected chi connectivity index (χ2v) is 8.96. The molecule has 0 radical (unpaired) electrons. The Morgan fingerprint density at radius 2 is 1.73 bits per heavy atom. The van der Waals surface area contributed by atoms with E-state index in [0.717, 1.165) is 15.6 Å². The molecule has 0 aliphatic rings. The number of benzene rings is 2. The zero-order valence-electron chi connectivity index (χ0n) is 14.8. The van der Waals surface area contributed by atoms with Crippen molar-refractivity contribution >= 4 is 37.6 Å². The largest absolute Gasteiger partial charge is 0.354 e. The molecule has 0 aliphatic heterocycles. The number of ether oxygens (including phenoxy) is 2. The summed E-state index contributed by atoms with van der Waals surface area (Å²) in [4.78, 5) is 0.220. The summed E-state index contributed by atoms with van der Waals surface area (Å²) in [6.45, 7) is 2.10. The molecule has 0 saturated heterocycles. The van der Waals surface area contributed by atoms with Gasteiger partial charge in [-0.3, -0.25) is 0 Å². The number of hydrogen-bond acceptors (Lipinski definition) is 4. The van der Waals surface area contributed by atoms with E-state index in [1.165, 1.54) is 18.5 Å². The van der Waals surface area contributed by atoms with Crippen LogP contribution in [0.15, 0.2) is 51.8 Å². The summed E-state index contributed by atoms with van der Waals surface area (Å²) in [7, 11) is -0.789. The van der Waals surface area contributed by atoms with Crippen LogP contribution >= 0.6 is 27.5 Å². The average molecular weight is 463 g/mol. The molecule has 8 heteroatoms. The van der Waals surface area contributed by atoms with Crippen molar-refractivity contribution in [2.75, 3.05) is 20.8 Å². The minimum atomic E-state index is -3.74. The fourth-order valence-corrected chi connectivity index (χ4v) is 4.23. The Balaban J connectivity index is 2.38. The Kier molecular flexibility index (Phi) is 7.63. The number of sulfonamides is 1. The van der Waals surface area contributed by atoms with Gasteiger partial charge in [-0.05, 0) is 52.7 Å². The average Bonchev–Trinajstić information content (AvgIpc) is 2.61. The van der Waals surface area contributed by atoms with Crippen LogP contribution in [0.2, 0.25) is 5.02 Å². The number of nitrogens with zero attached hydrogens (tertiary/aromatic N) is 1. The van der Waals surface area contributed by atoms with E-state index in [1.54, 1.807) is 36.4 Å². The monoisotopic (exact) mass is 461 g/mol. The molecule has 0 amide bonds. The van der Waals surface area contributed by atoms with Gasteiger partial charge >= 0.3 is 0 Å². The van der Waals surface area contributed by atoms with Crippen LogP contribution in [-0.2, 0) is 26.0 Å². The third-order valence-corrected chi connectivity index (χ3v) is 6.94. The highest BCUT2D eigenvalue weighted by molar-refractivity contribution is 9.10. The van der Waals surface area contributed by atoms with Crippen molar-refractivity contribution in [2.24, 2.45) is 0 Å². The summed E-state index contributed by atoms with van der Waals surface area (Å²) < 4.78 is 38.8. The highest BCUT2D eigenvalue weighted by Crippen LogP contribution is 2.26. The number of halogens is 2. The van der Waals surface area contributed by atoms with E-state index in [-0.39, 0.29) is 18.0 Å². The van der Waals surface area contributed by atoms with Crippen molar-refractivity contribution in [3.8, 4) is 0 Å². The van der Waals surface area contributed by atoms with Crippen LogP contribution in [0.3, 0.4) is 0 Å². The first-order valence-corrected chi connectivity index (χ1v) is 10.5. The summed E-state index contributed by atoms with van der Waals surface area (Å²) in [6, 6.07) is 12.1. The maximum absolute atomic E-state index is 13.1. The Bertz CT molecular complexity index is 839. The highest BCUT2D eigenvalue weighted by Gasteiger charge is 2.27. The van der Waals surface area contributed by atoms with Gasteiger partial charge in [0.15, 0.2) is 6.29 Å². The van der Waals surface area contributed by atoms with Crippen molar-refractivity contribution in [2.45, 2.75) is 24.7 Å². The van der Waals surface area contributed by atoms with Crippen molar-refractivity contribution in [1.29, 1.82) is 0 Å². The summed E-state index contributed by atoms with van der Waals surface area (Å²) in [5, 5.41) is 0.519. The fourth-order valence-electron chi connectivity index (χ4n) is 2.36. The van der Waals surface area contributed by atoms with Gasteiger partial charge in [0.1, 0.15) is 0 Å². The summed E-state index contributed by atoms with van der Waals surface area (Å²) in [5.41, 5.74) is 1.75. The molecule has 2 aromatic rings. The van der Waals surface area contributed by atoms with Crippen LogP contribution in [0.25, 0.3) is 0 Å². The van der Waals surface area contributed by atoms with Gasteiger partial charge in [-0.15, -0.1) is 0 Å². The molecule has 0 unspecified atom stereocenters. The van der Waals surface area contributed by atoms with Crippen molar-refractivity contribution in [1.82, 2.24) is 4.31 Å². The molecule has 0 N–H and O–H groups in total. The van der Waals surface area contributed by atoms with Crippen LogP contribution in [0.1, 0.15) is 11.1 Å². The molecule has 0 atom stereocenters. The van der Waals surface area contributed by atoms with Gasteiger partial charge in [0.2, 0.25) is 10.0 Å². The molecular weight excluding hydrogens is 442 g/mol. The lowest BCUT2D eigenvalue weighted by atomic mass is 10.2. The molecule has 142 valence electrons. The lowest BCUT2D eigenvalue weighted by Gasteiger charge is -2.26. The molecule has 0 spiro atoms. The van der Waals surface area contributed by atoms with Gasteiger partial charge in [0, 0.05) is 25.2 Å². The lowest BCUT2D eigenvalue weighted by molar-refractivity contribution is -0.108. The van der Waals surface area contributed by atoms with Crippen LogP contribution < -0.4 is 0 Å². The van der Waals surface area contributed by atoms with Crippen LogP contribution in [0, 0.1) is 6.92 Å². The van der Waals surface area contributed by atoms with Gasteiger partial charge in [0.25, 0.3) is 0 Å². The Hall–Kier alpha value is -0.960. The molecular formula is C18H21BrClNO4S. The Morgan fingerprint density at radius 3 is 2.27 bits per heavy atom. The van der Waals surface area contributed by atoms with Gasteiger partial charge < -0.3 is 9.47 Å². The van der Waals surface area contributed by atoms with Crippen LogP contribution in [0.5, 0.6) is 0 Å². The van der Waals surface area contributed by atoms with E-state index < -0.39 is 16.3 Å². The second kappa shape index (κ2) is 9.30. The molecule has 2 aromatic carbocycles. The molecule has 0 aliphatic carbocycles. The van der Waals surface area contributed by atoms with E-state index in [1.807, 2.05) is 13.0 Å². The van der Waals surface area contributed by atoms with Crippen molar-refractivity contribution < 1.29 is 17.9 Å². The van der Waals surface area contributed by atoms with Crippen LogP contribution in [0.4, 0.5) is 0 Å². The first-order valence-electron chi connectivity index (χ1n) is 7.84. The summed E-state index contributed by atoms with van der Waals surface area (Å²) in [5.74, 6) is 0. The predicted octanol–water partition coefficient (Wildman–Crippen LogP) is 4.22. The Labute approximate surface area is 168 Å². The third-order valence-electron chi connectivity index (χ3n) is 3.88. The Morgan fingerprint density at radius 1 is 1.12 bits per heavy atom. The lowest BCUT2D eigenvalue weighted by Crippen LogP contribution is -2.38. The number of methoxy groups -OCH3 is 2. The van der Waals surface area contributed by atoms with E-state index in [2.05, 4.69) is 15.9 Å². The molecule has 0 bridgehead atoms. The molecule has 5 nitrogen and oxygen atoms in total. The third kappa shape index (κ3) is 5.28. The SMILES string of the molecule is COC(CN(Cc1ccc(Br)c(Cl)c1)S(=O)(=O)c1ccc(C)cc1)OC. The van der Waals surface area contributed by atoms with E-state index in [0.29, 0.717) is 5.02 Å². The molecule has 0 aromatic heterocycles. The van der Waals surface area contributed by atoms with Gasteiger partial charge in [-0.1, -0.05) is 35.4 Å². The molecule has 0 fully saturated rings. The van der Waals surface area contributed by atoms with Gasteiger partial charge in [-0.2, -0.15) is 4.31 Å². The van der Waals surface area contributed by atoms with Gasteiger partial charge in [0.05, 0.1) is 16.5 Å². The maximum Gasteiger partial charge on any atom is 0.243 e. The predicted molar refractivity (Wildman–Crippen MR) is 106 cm³/mol. The number of aryl methyl sites for hydroxylation is 1. The quantitative estimate of drug-likeness (QED) is 0.551. The smallest absolute Gasteiger partial charge is 0.243 e. The minimum Gasteiger partial charge on any atom is -0.354 e. The summed E-state index contributed by atoms with van der Waals surface area (Å²) >= 11 is 9.48.